The molecular formula is C14H20O5Si. The van der Waals surface area contributed by atoms with Crippen LogP contribution in [0.2, 0.25) is 6.04 Å². The summed E-state index contributed by atoms with van der Waals surface area (Å²) < 4.78 is 21.7. The molecule has 0 aromatic heterocycles. The van der Waals surface area contributed by atoms with Gasteiger partial charge in [0.2, 0.25) is 0 Å². The molecule has 0 N–H and O–H groups in total. The SMILES string of the molecule is C=C(C)C(=O)OCC[Si](OC)(OC)Oc1ccccc1. The van der Waals surface area contributed by atoms with Crippen LogP contribution in [-0.2, 0) is 18.4 Å². The van der Waals surface area contributed by atoms with E-state index in [4.69, 9.17) is 18.0 Å². The second-order valence-corrected chi connectivity index (χ2v) is 7.06. The average Bonchev–Trinajstić information content (AvgIpc) is 2.47. The zero-order valence-corrected chi connectivity index (χ0v) is 13.0. The number of esters is 1. The smallest absolute Gasteiger partial charge is 0.501 e. The maximum atomic E-state index is 11.3. The van der Waals surface area contributed by atoms with Crippen LogP contribution >= 0.6 is 0 Å². The van der Waals surface area contributed by atoms with Crippen molar-refractivity contribution < 1.29 is 22.8 Å². The molecule has 5 nitrogen and oxygen atoms in total. The minimum absolute atomic E-state index is 0.159. The molecule has 110 valence electrons. The molecule has 0 spiro atoms. The maximum Gasteiger partial charge on any atom is 0.569 e. The number of ether oxygens (including phenoxy) is 1. The first-order valence-corrected chi connectivity index (χ1v) is 8.13. The fourth-order valence-corrected chi connectivity index (χ4v) is 3.17. The molecule has 1 rings (SSSR count). The van der Waals surface area contributed by atoms with Crippen molar-refractivity contribution in [3.63, 3.8) is 0 Å². The van der Waals surface area contributed by atoms with Crippen LogP contribution in [0.4, 0.5) is 0 Å². The van der Waals surface area contributed by atoms with E-state index in [2.05, 4.69) is 6.58 Å². The summed E-state index contributed by atoms with van der Waals surface area (Å²) in [6.45, 7) is 5.28. The van der Waals surface area contributed by atoms with E-state index >= 15 is 0 Å². The molecule has 0 radical (unpaired) electrons. The van der Waals surface area contributed by atoms with Crippen LogP contribution in [0.1, 0.15) is 6.92 Å². The molecule has 20 heavy (non-hydrogen) atoms. The lowest BCUT2D eigenvalue weighted by Crippen LogP contribution is -2.48. The summed E-state index contributed by atoms with van der Waals surface area (Å²) in [6, 6.07) is 9.62. The van der Waals surface area contributed by atoms with Gasteiger partial charge in [-0.05, 0) is 19.1 Å². The van der Waals surface area contributed by atoms with E-state index in [1.165, 1.54) is 14.2 Å². The van der Waals surface area contributed by atoms with Crippen molar-refractivity contribution in [1.82, 2.24) is 0 Å². The Hall–Kier alpha value is -1.63. The van der Waals surface area contributed by atoms with Gasteiger partial charge in [0.15, 0.2) is 0 Å². The number of hydrogen-bond acceptors (Lipinski definition) is 5. The summed E-state index contributed by atoms with van der Waals surface area (Å²) in [6.07, 6.45) is 0. The van der Waals surface area contributed by atoms with Gasteiger partial charge in [0, 0.05) is 19.8 Å². The Morgan fingerprint density at radius 3 is 2.30 bits per heavy atom. The van der Waals surface area contributed by atoms with E-state index < -0.39 is 14.8 Å². The summed E-state index contributed by atoms with van der Waals surface area (Å²) in [5.74, 6) is 0.230. The van der Waals surface area contributed by atoms with Gasteiger partial charge in [0.05, 0.1) is 12.7 Å². The zero-order valence-electron chi connectivity index (χ0n) is 12.0. The van der Waals surface area contributed by atoms with Crippen molar-refractivity contribution in [2.24, 2.45) is 0 Å². The van der Waals surface area contributed by atoms with Crippen molar-refractivity contribution in [3.8, 4) is 5.75 Å². The second kappa shape index (κ2) is 7.84. The zero-order chi connectivity index (χ0) is 15.0. The summed E-state index contributed by atoms with van der Waals surface area (Å²) in [7, 11) is 0.161. The predicted octanol–water partition coefficient (Wildman–Crippen LogP) is 2.42. The molecule has 0 atom stereocenters. The first kappa shape index (κ1) is 16.4. The number of carbonyl (C=O) groups is 1. The van der Waals surface area contributed by atoms with Crippen LogP contribution in [0, 0.1) is 0 Å². The predicted molar refractivity (Wildman–Crippen MR) is 77.4 cm³/mol. The van der Waals surface area contributed by atoms with Crippen molar-refractivity contribution in [2.45, 2.75) is 13.0 Å². The third-order valence-electron chi connectivity index (χ3n) is 2.63. The number of benzene rings is 1. The Morgan fingerprint density at radius 2 is 1.80 bits per heavy atom. The first-order valence-electron chi connectivity index (χ1n) is 6.20. The highest BCUT2D eigenvalue weighted by Gasteiger charge is 2.41. The second-order valence-electron chi connectivity index (χ2n) is 4.17. The highest BCUT2D eigenvalue weighted by molar-refractivity contribution is 6.61. The van der Waals surface area contributed by atoms with Gasteiger partial charge < -0.3 is 18.0 Å². The molecule has 0 aliphatic rings. The average molecular weight is 296 g/mol. The number of hydrogen-bond donors (Lipinski definition) is 0. The Morgan fingerprint density at radius 1 is 1.20 bits per heavy atom. The number of carbonyl (C=O) groups excluding carboxylic acids is 1. The normalized spacial score (nSPS) is 10.9. The lowest BCUT2D eigenvalue weighted by Gasteiger charge is -2.26. The van der Waals surface area contributed by atoms with Crippen molar-refractivity contribution >= 4 is 14.8 Å². The van der Waals surface area contributed by atoms with Crippen LogP contribution in [-0.4, -0.2) is 35.6 Å². The van der Waals surface area contributed by atoms with Gasteiger partial charge in [0.1, 0.15) is 5.75 Å². The van der Waals surface area contributed by atoms with Gasteiger partial charge in [-0.3, -0.25) is 0 Å². The molecule has 0 bridgehead atoms. The van der Waals surface area contributed by atoms with Gasteiger partial charge >= 0.3 is 14.8 Å². The molecule has 0 aliphatic heterocycles. The monoisotopic (exact) mass is 296 g/mol. The van der Waals surface area contributed by atoms with Crippen LogP contribution in [0.3, 0.4) is 0 Å². The molecule has 0 amide bonds. The topological polar surface area (TPSA) is 54.0 Å². The molecule has 1 aromatic carbocycles. The minimum atomic E-state index is -2.89. The lowest BCUT2D eigenvalue weighted by molar-refractivity contribution is -0.138. The molecule has 6 heteroatoms. The number of para-hydroxylation sites is 1. The van der Waals surface area contributed by atoms with Crippen LogP contribution in [0.5, 0.6) is 5.75 Å². The Balaban J connectivity index is 2.62. The first-order chi connectivity index (χ1) is 9.53. The molecule has 0 unspecified atom stereocenters. The van der Waals surface area contributed by atoms with Crippen molar-refractivity contribution in [1.29, 1.82) is 0 Å². The fraction of sp³-hybridized carbons (Fsp3) is 0.357. The molecule has 0 saturated heterocycles. The Labute approximate surface area is 120 Å². The molecule has 0 heterocycles. The van der Waals surface area contributed by atoms with E-state index in [1.807, 2.05) is 30.3 Å². The lowest BCUT2D eigenvalue weighted by atomic mass is 10.3. The maximum absolute atomic E-state index is 11.3. The highest BCUT2D eigenvalue weighted by Crippen LogP contribution is 2.20. The van der Waals surface area contributed by atoms with Gasteiger partial charge in [-0.1, -0.05) is 24.8 Å². The van der Waals surface area contributed by atoms with Crippen LogP contribution < -0.4 is 4.43 Å². The summed E-state index contributed by atoms with van der Waals surface area (Å²) in [5.41, 5.74) is 0.357. The summed E-state index contributed by atoms with van der Waals surface area (Å²) in [5, 5.41) is 0. The van der Waals surface area contributed by atoms with E-state index in [-0.39, 0.29) is 6.61 Å². The third-order valence-corrected chi connectivity index (χ3v) is 5.24. The largest absolute Gasteiger partial charge is 0.569 e. The standard InChI is InChI=1S/C14H20O5Si/c1-12(2)14(15)18-10-11-20(16-3,17-4)19-13-8-6-5-7-9-13/h5-9H,1,10-11H2,2-4H3. The molecule has 0 fully saturated rings. The third kappa shape index (κ3) is 4.80. The van der Waals surface area contributed by atoms with Gasteiger partial charge in [-0.25, -0.2) is 4.79 Å². The van der Waals surface area contributed by atoms with Gasteiger partial charge in [0.25, 0.3) is 0 Å². The van der Waals surface area contributed by atoms with Gasteiger partial charge in [-0.15, -0.1) is 0 Å². The molecular weight excluding hydrogens is 276 g/mol. The van der Waals surface area contributed by atoms with Crippen LogP contribution in [0.25, 0.3) is 0 Å². The minimum Gasteiger partial charge on any atom is -0.501 e. The van der Waals surface area contributed by atoms with E-state index in [0.29, 0.717) is 17.4 Å². The van der Waals surface area contributed by atoms with E-state index in [9.17, 15) is 4.79 Å². The number of rotatable bonds is 8. The van der Waals surface area contributed by atoms with Crippen molar-refractivity contribution in [2.75, 3.05) is 20.8 Å². The summed E-state index contributed by atoms with van der Waals surface area (Å²) >= 11 is 0. The Kier molecular flexibility index (Phi) is 6.43. The molecule has 0 saturated carbocycles. The molecule has 1 aromatic rings. The van der Waals surface area contributed by atoms with Gasteiger partial charge in [-0.2, -0.15) is 0 Å². The fourth-order valence-electron chi connectivity index (χ4n) is 1.48. The van der Waals surface area contributed by atoms with Crippen LogP contribution in [0.15, 0.2) is 42.5 Å². The molecule has 0 aliphatic carbocycles. The highest BCUT2D eigenvalue weighted by atomic mass is 28.4. The quantitative estimate of drug-likeness (QED) is 0.419. The van der Waals surface area contributed by atoms with Crippen molar-refractivity contribution in [3.05, 3.63) is 42.5 Å². The Bertz CT molecular complexity index is 442. The summed E-state index contributed by atoms with van der Waals surface area (Å²) in [4.78, 5) is 11.3. The van der Waals surface area contributed by atoms with E-state index in [1.54, 1.807) is 6.92 Å². The van der Waals surface area contributed by atoms with E-state index in [0.717, 1.165) is 0 Å².